The van der Waals surface area contributed by atoms with Crippen LogP contribution in [0.15, 0.2) is 0 Å². The van der Waals surface area contributed by atoms with Crippen molar-refractivity contribution in [2.75, 3.05) is 52.5 Å². The van der Waals surface area contributed by atoms with Crippen molar-refractivity contribution in [2.45, 2.75) is 52.4 Å². The van der Waals surface area contributed by atoms with Crippen molar-refractivity contribution in [3.8, 4) is 0 Å². The van der Waals surface area contributed by atoms with E-state index in [2.05, 4.69) is 23.6 Å². The second-order valence-electron chi connectivity index (χ2n) is 10.4. The largest absolute Gasteiger partial charge is 0.394 e. The Morgan fingerprint density at radius 3 is 2.23 bits per heavy atom. The molecule has 0 aromatic carbocycles. The van der Waals surface area contributed by atoms with Crippen LogP contribution in [-0.4, -0.2) is 73.4 Å². The lowest BCUT2D eigenvalue weighted by molar-refractivity contribution is -0.180. The smallest absolute Gasteiger partial charge is 0.228 e. The van der Waals surface area contributed by atoms with Gasteiger partial charge in [0.1, 0.15) is 0 Å². The number of carbonyl (C=O) groups excluding carboxylic acids is 1. The monoisotopic (exact) mass is 364 g/mol. The Hall–Kier alpha value is -0.650. The summed E-state index contributed by atoms with van der Waals surface area (Å²) in [5.41, 5.74) is 0.737. The lowest BCUT2D eigenvalue weighted by Crippen LogP contribution is -2.62. The van der Waals surface area contributed by atoms with Gasteiger partial charge in [-0.05, 0) is 55.3 Å². The molecule has 4 bridgehead atoms. The van der Waals surface area contributed by atoms with Crippen molar-refractivity contribution in [1.29, 1.82) is 0 Å². The minimum atomic E-state index is -0.0602. The molecule has 5 nitrogen and oxygen atoms in total. The summed E-state index contributed by atoms with van der Waals surface area (Å²) in [4.78, 5) is 18.1. The highest BCUT2D eigenvalue weighted by atomic mass is 16.5. The van der Waals surface area contributed by atoms with Crippen molar-refractivity contribution in [3.63, 3.8) is 0 Å². The summed E-state index contributed by atoms with van der Waals surface area (Å²) < 4.78 is 5.37. The lowest BCUT2D eigenvalue weighted by Gasteiger charge is -2.65. The number of amides is 1. The molecule has 5 rings (SSSR count). The van der Waals surface area contributed by atoms with E-state index in [0.717, 1.165) is 57.9 Å². The Morgan fingerprint density at radius 1 is 1.00 bits per heavy atom. The number of ether oxygens (including phenoxy) is 1. The van der Waals surface area contributed by atoms with Gasteiger partial charge in [0, 0.05) is 32.7 Å². The first kappa shape index (κ1) is 18.7. The van der Waals surface area contributed by atoms with Gasteiger partial charge >= 0.3 is 0 Å². The third-order valence-corrected chi connectivity index (χ3v) is 7.53. The van der Waals surface area contributed by atoms with Crippen LogP contribution in [0.5, 0.6) is 0 Å². The van der Waals surface area contributed by atoms with Gasteiger partial charge in [0.15, 0.2) is 0 Å². The summed E-state index contributed by atoms with van der Waals surface area (Å²) >= 11 is 0. The van der Waals surface area contributed by atoms with Crippen LogP contribution in [0.2, 0.25) is 0 Å². The standard InChI is InChI=1S/C21H36N2O3/c1-19-11-17-12-20(2,14-19)16-21(13-17,15-19)18(25)23-5-3-22(4-6-23)7-9-26-10-8-24/h17,24H,3-16H2,1-2H3/t17?,19-,20-,21?/m0/s1. The van der Waals surface area contributed by atoms with Crippen LogP contribution in [0.25, 0.3) is 0 Å². The van der Waals surface area contributed by atoms with Crippen LogP contribution in [0.1, 0.15) is 52.4 Å². The highest BCUT2D eigenvalue weighted by Gasteiger charge is 2.63. The zero-order chi connectivity index (χ0) is 18.4. The van der Waals surface area contributed by atoms with Crippen molar-refractivity contribution in [1.82, 2.24) is 9.80 Å². The molecule has 4 aliphatic carbocycles. The summed E-state index contributed by atoms with van der Waals surface area (Å²) in [6, 6.07) is 0. The van der Waals surface area contributed by atoms with Gasteiger partial charge in [0.05, 0.1) is 25.2 Å². The minimum Gasteiger partial charge on any atom is -0.394 e. The molecule has 148 valence electrons. The van der Waals surface area contributed by atoms with Crippen LogP contribution in [-0.2, 0) is 9.53 Å². The summed E-state index contributed by atoms with van der Waals surface area (Å²) in [7, 11) is 0. The Labute approximate surface area is 158 Å². The number of carbonyl (C=O) groups is 1. The molecule has 1 amide bonds. The first-order valence-electron chi connectivity index (χ1n) is 10.6. The molecular weight excluding hydrogens is 328 g/mol. The average molecular weight is 365 g/mol. The topological polar surface area (TPSA) is 53.0 Å². The maximum atomic E-state index is 13.6. The number of piperazine rings is 1. The highest BCUT2D eigenvalue weighted by molar-refractivity contribution is 5.83. The molecule has 1 aliphatic heterocycles. The molecule has 0 aromatic heterocycles. The van der Waals surface area contributed by atoms with Crippen molar-refractivity contribution in [2.24, 2.45) is 22.2 Å². The van der Waals surface area contributed by atoms with Crippen LogP contribution in [0.4, 0.5) is 0 Å². The van der Waals surface area contributed by atoms with Gasteiger partial charge in [0.2, 0.25) is 5.91 Å². The Morgan fingerprint density at radius 2 is 1.65 bits per heavy atom. The fraction of sp³-hybridized carbons (Fsp3) is 0.952. The molecule has 5 fully saturated rings. The van der Waals surface area contributed by atoms with Gasteiger partial charge in [-0.2, -0.15) is 0 Å². The molecule has 0 spiro atoms. The quantitative estimate of drug-likeness (QED) is 0.734. The Balaban J connectivity index is 1.35. The predicted octanol–water partition coefficient (Wildman–Crippen LogP) is 2.14. The summed E-state index contributed by atoms with van der Waals surface area (Å²) in [5.74, 6) is 1.24. The van der Waals surface area contributed by atoms with E-state index in [0.29, 0.717) is 30.0 Å². The Kier molecular flexibility index (Phi) is 4.85. The van der Waals surface area contributed by atoms with Gasteiger partial charge < -0.3 is 14.7 Å². The predicted molar refractivity (Wildman–Crippen MR) is 101 cm³/mol. The normalized spacial score (nSPS) is 42.4. The van der Waals surface area contributed by atoms with E-state index in [-0.39, 0.29) is 12.0 Å². The number of hydrogen-bond donors (Lipinski definition) is 1. The van der Waals surface area contributed by atoms with Crippen LogP contribution < -0.4 is 0 Å². The van der Waals surface area contributed by atoms with E-state index in [1.807, 2.05) is 0 Å². The van der Waals surface area contributed by atoms with Crippen LogP contribution in [0.3, 0.4) is 0 Å². The molecule has 1 heterocycles. The molecule has 1 saturated heterocycles. The van der Waals surface area contributed by atoms with Crippen molar-refractivity contribution in [3.05, 3.63) is 0 Å². The zero-order valence-corrected chi connectivity index (χ0v) is 16.6. The molecule has 0 unspecified atom stereocenters. The molecule has 2 atom stereocenters. The summed E-state index contributed by atoms with van der Waals surface area (Å²) in [6.45, 7) is 10.6. The molecule has 0 aromatic rings. The fourth-order valence-corrected chi connectivity index (χ4v) is 7.56. The van der Waals surface area contributed by atoms with Gasteiger partial charge in [-0.25, -0.2) is 0 Å². The van der Waals surface area contributed by atoms with E-state index in [4.69, 9.17) is 9.84 Å². The molecule has 0 radical (unpaired) electrons. The van der Waals surface area contributed by atoms with E-state index < -0.39 is 0 Å². The Bertz CT molecular complexity index is 525. The van der Waals surface area contributed by atoms with Crippen molar-refractivity contribution >= 4 is 5.91 Å². The van der Waals surface area contributed by atoms with Crippen LogP contribution >= 0.6 is 0 Å². The van der Waals surface area contributed by atoms with E-state index in [1.54, 1.807) is 0 Å². The maximum absolute atomic E-state index is 13.6. The minimum absolute atomic E-state index is 0.0602. The molecule has 5 heteroatoms. The second-order valence-corrected chi connectivity index (χ2v) is 10.4. The SMILES string of the molecule is C[C@@]12CC3CC(C(=O)N4CCN(CCOCCO)CC4)(C1)C[C@@](C)(C3)C2. The lowest BCUT2D eigenvalue weighted by atomic mass is 9.40. The maximum Gasteiger partial charge on any atom is 0.228 e. The van der Waals surface area contributed by atoms with E-state index in [9.17, 15) is 4.79 Å². The van der Waals surface area contributed by atoms with Crippen molar-refractivity contribution < 1.29 is 14.6 Å². The zero-order valence-electron chi connectivity index (χ0n) is 16.6. The second kappa shape index (κ2) is 6.75. The fourth-order valence-electron chi connectivity index (χ4n) is 7.56. The van der Waals surface area contributed by atoms with Gasteiger partial charge in [-0.3, -0.25) is 9.69 Å². The molecule has 26 heavy (non-hydrogen) atoms. The number of nitrogens with zero attached hydrogens (tertiary/aromatic N) is 2. The number of aliphatic hydroxyl groups is 1. The molecule has 1 N–H and O–H groups in total. The molecule has 4 saturated carbocycles. The van der Waals surface area contributed by atoms with Gasteiger partial charge in [-0.15, -0.1) is 0 Å². The summed E-state index contributed by atoms with van der Waals surface area (Å²) in [6.07, 6.45) is 7.41. The highest BCUT2D eigenvalue weighted by Crippen LogP contribution is 2.69. The molecule has 5 aliphatic rings. The number of hydrogen-bond acceptors (Lipinski definition) is 4. The first-order valence-corrected chi connectivity index (χ1v) is 10.6. The van der Waals surface area contributed by atoms with Gasteiger partial charge in [0.25, 0.3) is 0 Å². The number of rotatable bonds is 6. The van der Waals surface area contributed by atoms with Gasteiger partial charge in [-0.1, -0.05) is 13.8 Å². The van der Waals surface area contributed by atoms with E-state index >= 15 is 0 Å². The van der Waals surface area contributed by atoms with Crippen LogP contribution in [0, 0.1) is 22.2 Å². The number of aliphatic hydroxyl groups excluding tert-OH is 1. The molecular formula is C21H36N2O3. The third kappa shape index (κ3) is 3.43. The third-order valence-electron chi connectivity index (χ3n) is 7.53. The average Bonchev–Trinajstić information content (AvgIpc) is 2.55. The van der Waals surface area contributed by atoms with E-state index in [1.165, 1.54) is 19.3 Å². The summed E-state index contributed by atoms with van der Waals surface area (Å²) in [5, 5.41) is 8.77. The first-order chi connectivity index (χ1) is 12.4.